The number of carbonyl (C=O) groups is 2. The van der Waals surface area contributed by atoms with E-state index in [1.165, 1.54) is 7.11 Å². The minimum absolute atomic E-state index is 0.0797. The molecule has 1 aliphatic heterocycles. The van der Waals surface area contributed by atoms with Gasteiger partial charge in [0, 0.05) is 24.0 Å². The number of amides is 1. The largest absolute Gasteiger partial charge is 0.493 e. The molecule has 1 aliphatic rings. The smallest absolute Gasteiger partial charge is 0.337 e. The zero-order valence-corrected chi connectivity index (χ0v) is 16.4. The molecule has 0 fully saturated rings. The van der Waals surface area contributed by atoms with E-state index in [2.05, 4.69) is 12.1 Å². The fraction of sp³-hybridized carbons (Fsp3) is 0.250. The van der Waals surface area contributed by atoms with Crippen LogP contribution in [0.2, 0.25) is 0 Å². The van der Waals surface area contributed by atoms with Gasteiger partial charge >= 0.3 is 5.97 Å². The second kappa shape index (κ2) is 8.35. The zero-order chi connectivity index (χ0) is 20.2. The summed E-state index contributed by atoms with van der Waals surface area (Å²) in [4.78, 5) is 26.2. The first-order chi connectivity index (χ1) is 14.2. The van der Waals surface area contributed by atoms with Crippen LogP contribution < -0.4 is 9.64 Å². The number of hydrogen-bond acceptors (Lipinski definition) is 4. The standard InChI is InChI=1S/C24H23NO4/c1-28-24(27)19-11-12-21-18(16-19)13-14-25(21)23(26)10-5-15-29-22-9-4-7-17-6-2-3-8-20(17)22/h2-4,6-9,11-12,16H,5,10,13-15H2,1H3. The van der Waals surface area contributed by atoms with Crippen LogP contribution in [-0.2, 0) is 16.0 Å². The van der Waals surface area contributed by atoms with Crippen molar-refractivity contribution in [1.29, 1.82) is 0 Å². The maximum atomic E-state index is 12.7. The third-order valence-corrected chi connectivity index (χ3v) is 5.24. The molecular formula is C24H23NO4. The molecule has 29 heavy (non-hydrogen) atoms. The SMILES string of the molecule is COC(=O)c1ccc2c(c1)CCN2C(=O)CCCOc1cccc2ccccc12. The summed E-state index contributed by atoms with van der Waals surface area (Å²) in [5.74, 6) is 0.566. The first-order valence-corrected chi connectivity index (χ1v) is 9.79. The number of rotatable bonds is 6. The molecule has 0 aromatic heterocycles. The van der Waals surface area contributed by atoms with Gasteiger partial charge in [-0.15, -0.1) is 0 Å². The monoisotopic (exact) mass is 389 g/mol. The molecule has 3 aromatic carbocycles. The number of nitrogens with zero attached hydrogens (tertiary/aromatic N) is 1. The van der Waals surface area contributed by atoms with Crippen LogP contribution in [-0.4, -0.2) is 32.1 Å². The summed E-state index contributed by atoms with van der Waals surface area (Å²) in [6.07, 6.45) is 1.81. The maximum Gasteiger partial charge on any atom is 0.337 e. The molecule has 5 nitrogen and oxygen atoms in total. The van der Waals surface area contributed by atoms with Gasteiger partial charge in [-0.05, 0) is 48.1 Å². The summed E-state index contributed by atoms with van der Waals surface area (Å²) < 4.78 is 10.7. The van der Waals surface area contributed by atoms with Gasteiger partial charge in [0.1, 0.15) is 5.75 Å². The van der Waals surface area contributed by atoms with Crippen LogP contribution in [0.3, 0.4) is 0 Å². The molecule has 0 atom stereocenters. The van der Waals surface area contributed by atoms with Gasteiger partial charge in [0.05, 0.1) is 19.3 Å². The summed E-state index contributed by atoms with van der Waals surface area (Å²) in [6, 6.07) is 19.5. The number of anilines is 1. The first-order valence-electron chi connectivity index (χ1n) is 9.79. The van der Waals surface area contributed by atoms with Crippen LogP contribution in [0.5, 0.6) is 5.75 Å². The molecule has 5 heteroatoms. The second-order valence-electron chi connectivity index (χ2n) is 7.06. The Morgan fingerprint density at radius 2 is 1.86 bits per heavy atom. The van der Waals surface area contributed by atoms with Crippen molar-refractivity contribution in [3.05, 3.63) is 71.8 Å². The number of carbonyl (C=O) groups excluding carboxylic acids is 2. The molecule has 3 aromatic rings. The van der Waals surface area contributed by atoms with Crippen LogP contribution in [0.25, 0.3) is 10.8 Å². The average Bonchev–Trinajstić information content (AvgIpc) is 3.19. The Hall–Kier alpha value is -3.34. The van der Waals surface area contributed by atoms with E-state index in [-0.39, 0.29) is 11.9 Å². The molecule has 0 unspecified atom stereocenters. The Balaban J connectivity index is 1.34. The second-order valence-corrected chi connectivity index (χ2v) is 7.06. The van der Waals surface area contributed by atoms with E-state index < -0.39 is 0 Å². The van der Waals surface area contributed by atoms with Gasteiger partial charge in [-0.2, -0.15) is 0 Å². The van der Waals surface area contributed by atoms with Gasteiger partial charge in [-0.3, -0.25) is 4.79 Å². The molecule has 0 bridgehead atoms. The number of hydrogen-bond donors (Lipinski definition) is 0. The summed E-state index contributed by atoms with van der Waals surface area (Å²) in [5.41, 5.74) is 2.41. The first kappa shape index (κ1) is 19.0. The van der Waals surface area contributed by atoms with Crippen molar-refractivity contribution in [3.8, 4) is 5.75 Å². The number of esters is 1. The Kier molecular flexibility index (Phi) is 5.47. The summed E-state index contributed by atoms with van der Waals surface area (Å²) >= 11 is 0. The van der Waals surface area contributed by atoms with Crippen LogP contribution in [0.1, 0.15) is 28.8 Å². The fourth-order valence-corrected chi connectivity index (χ4v) is 3.77. The van der Waals surface area contributed by atoms with E-state index in [0.29, 0.717) is 31.6 Å². The Morgan fingerprint density at radius 1 is 1.03 bits per heavy atom. The highest BCUT2D eigenvalue weighted by atomic mass is 16.5. The van der Waals surface area contributed by atoms with Gasteiger partial charge in [-0.1, -0.05) is 36.4 Å². The quantitative estimate of drug-likeness (QED) is 0.464. The lowest BCUT2D eigenvalue weighted by Gasteiger charge is -2.17. The lowest BCUT2D eigenvalue weighted by atomic mass is 10.1. The predicted molar refractivity (Wildman–Crippen MR) is 113 cm³/mol. The molecule has 0 saturated carbocycles. The molecule has 0 saturated heterocycles. The normalized spacial score (nSPS) is 12.7. The number of methoxy groups -OCH3 is 1. The summed E-state index contributed by atoms with van der Waals surface area (Å²) in [6.45, 7) is 1.13. The summed E-state index contributed by atoms with van der Waals surface area (Å²) in [5, 5.41) is 2.22. The van der Waals surface area contributed by atoms with Crippen molar-refractivity contribution < 1.29 is 19.1 Å². The van der Waals surface area contributed by atoms with Gasteiger partial charge < -0.3 is 14.4 Å². The van der Waals surface area contributed by atoms with E-state index in [9.17, 15) is 9.59 Å². The van der Waals surface area contributed by atoms with Crippen molar-refractivity contribution >= 4 is 28.3 Å². The average molecular weight is 389 g/mol. The molecule has 148 valence electrons. The lowest BCUT2D eigenvalue weighted by Crippen LogP contribution is -2.28. The van der Waals surface area contributed by atoms with E-state index in [4.69, 9.17) is 9.47 Å². The van der Waals surface area contributed by atoms with E-state index in [0.717, 1.165) is 34.2 Å². The highest BCUT2D eigenvalue weighted by Gasteiger charge is 2.25. The van der Waals surface area contributed by atoms with Crippen LogP contribution in [0.15, 0.2) is 60.7 Å². The van der Waals surface area contributed by atoms with Crippen LogP contribution >= 0.6 is 0 Å². The third kappa shape index (κ3) is 3.94. The molecule has 4 rings (SSSR count). The lowest BCUT2D eigenvalue weighted by molar-refractivity contribution is -0.118. The maximum absolute atomic E-state index is 12.7. The van der Waals surface area contributed by atoms with Gasteiger partial charge in [0.25, 0.3) is 0 Å². The molecule has 0 aliphatic carbocycles. The van der Waals surface area contributed by atoms with Crippen molar-refractivity contribution in [1.82, 2.24) is 0 Å². The minimum atomic E-state index is -0.358. The number of fused-ring (bicyclic) bond motifs is 2. The third-order valence-electron chi connectivity index (χ3n) is 5.24. The highest BCUT2D eigenvalue weighted by Crippen LogP contribution is 2.30. The Bertz CT molecular complexity index is 1050. The molecule has 0 radical (unpaired) electrons. The van der Waals surface area contributed by atoms with Crippen LogP contribution in [0.4, 0.5) is 5.69 Å². The van der Waals surface area contributed by atoms with Crippen LogP contribution in [0, 0.1) is 0 Å². The van der Waals surface area contributed by atoms with Gasteiger partial charge in [-0.25, -0.2) is 4.79 Å². The summed E-state index contributed by atoms with van der Waals surface area (Å²) in [7, 11) is 1.37. The molecular weight excluding hydrogens is 366 g/mol. The van der Waals surface area contributed by atoms with Crippen molar-refractivity contribution in [2.75, 3.05) is 25.2 Å². The Labute approximate surface area is 169 Å². The van der Waals surface area contributed by atoms with Gasteiger partial charge in [0.2, 0.25) is 5.91 Å². The number of ether oxygens (including phenoxy) is 2. The minimum Gasteiger partial charge on any atom is -0.493 e. The van der Waals surface area contributed by atoms with Gasteiger partial charge in [0.15, 0.2) is 0 Å². The van der Waals surface area contributed by atoms with E-state index in [1.807, 2.05) is 42.5 Å². The molecule has 0 spiro atoms. The fourth-order valence-electron chi connectivity index (χ4n) is 3.77. The van der Waals surface area contributed by atoms with Crippen molar-refractivity contribution in [2.45, 2.75) is 19.3 Å². The number of benzene rings is 3. The molecule has 0 N–H and O–H groups in total. The van der Waals surface area contributed by atoms with E-state index >= 15 is 0 Å². The van der Waals surface area contributed by atoms with Crippen molar-refractivity contribution in [2.24, 2.45) is 0 Å². The van der Waals surface area contributed by atoms with E-state index in [1.54, 1.807) is 11.0 Å². The molecule has 1 heterocycles. The Morgan fingerprint density at radius 3 is 2.72 bits per heavy atom. The molecule has 1 amide bonds. The predicted octanol–water partition coefficient (Wildman–Crippen LogP) is 4.37. The topological polar surface area (TPSA) is 55.8 Å². The zero-order valence-electron chi connectivity index (χ0n) is 16.4. The van der Waals surface area contributed by atoms with Crippen molar-refractivity contribution in [3.63, 3.8) is 0 Å². The highest BCUT2D eigenvalue weighted by molar-refractivity contribution is 5.97.